The van der Waals surface area contributed by atoms with Crippen LogP contribution < -0.4 is 5.46 Å². The molecule has 100 valence electrons. The van der Waals surface area contributed by atoms with Gasteiger partial charge in [-0.05, 0) is 19.8 Å². The summed E-state index contributed by atoms with van der Waals surface area (Å²) >= 11 is 0. The Labute approximate surface area is 118 Å². The molecule has 1 aromatic rings. The summed E-state index contributed by atoms with van der Waals surface area (Å²) in [5, 5.41) is 0. The van der Waals surface area contributed by atoms with Crippen molar-refractivity contribution in [3.05, 3.63) is 54.0 Å². The highest BCUT2D eigenvalue weighted by molar-refractivity contribution is 6.78. The van der Waals surface area contributed by atoms with E-state index >= 15 is 0 Å². The third-order valence-corrected chi connectivity index (χ3v) is 4.71. The minimum Gasteiger partial charge on any atom is -0.110 e. The molecule has 0 fully saturated rings. The van der Waals surface area contributed by atoms with Gasteiger partial charge in [0, 0.05) is 5.41 Å². The quantitative estimate of drug-likeness (QED) is 0.529. The van der Waals surface area contributed by atoms with Crippen LogP contribution in [0.15, 0.2) is 54.0 Å². The molecule has 1 aliphatic rings. The van der Waals surface area contributed by atoms with Gasteiger partial charge in [0.1, 0.15) is 0 Å². The van der Waals surface area contributed by atoms with E-state index in [2.05, 4.69) is 63.7 Å². The molecule has 0 saturated carbocycles. The first-order chi connectivity index (χ1) is 9.08. The van der Waals surface area contributed by atoms with Gasteiger partial charge in [-0.3, -0.25) is 0 Å². The van der Waals surface area contributed by atoms with Crippen LogP contribution in [0.1, 0.15) is 40.0 Å². The van der Waals surface area contributed by atoms with Crippen LogP contribution in [0.4, 0.5) is 0 Å². The second-order valence-corrected chi connectivity index (χ2v) is 6.13. The third-order valence-electron chi connectivity index (χ3n) is 4.71. The van der Waals surface area contributed by atoms with Crippen LogP contribution >= 0.6 is 0 Å². The molecule has 0 aromatic heterocycles. The summed E-state index contributed by atoms with van der Waals surface area (Å²) in [6.45, 7) is 11.6. The summed E-state index contributed by atoms with van der Waals surface area (Å²) in [5.74, 6) is 2.51. The lowest BCUT2D eigenvalue weighted by Crippen LogP contribution is -2.29. The second-order valence-electron chi connectivity index (χ2n) is 6.13. The van der Waals surface area contributed by atoms with E-state index in [1.165, 1.54) is 36.6 Å². The van der Waals surface area contributed by atoms with Crippen LogP contribution in [0.2, 0.25) is 6.32 Å². The molecule has 1 unspecified atom stereocenters. The van der Waals surface area contributed by atoms with E-state index in [1.807, 2.05) is 0 Å². The Kier molecular flexibility index (Phi) is 4.34. The number of unbranched alkanes of at least 4 members (excludes halogenated alkanes) is 1. The van der Waals surface area contributed by atoms with Crippen LogP contribution in [0.25, 0.3) is 0 Å². The number of benzene rings is 1. The molecule has 1 heterocycles. The minimum absolute atomic E-state index is 0.204. The molecule has 1 aliphatic heterocycles. The summed E-state index contributed by atoms with van der Waals surface area (Å²) in [5.41, 5.74) is 4.57. The highest BCUT2D eigenvalue weighted by Gasteiger charge is 2.39. The van der Waals surface area contributed by atoms with Crippen LogP contribution in [-0.4, -0.2) is 6.71 Å². The Balaban J connectivity index is 2.27. The van der Waals surface area contributed by atoms with Crippen molar-refractivity contribution in [2.24, 2.45) is 5.41 Å². The maximum atomic E-state index is 4.25. The molecular weight excluding hydrogens is 227 g/mol. The maximum absolute atomic E-state index is 4.25. The first-order valence-corrected chi connectivity index (χ1v) is 7.50. The summed E-state index contributed by atoms with van der Waals surface area (Å²) in [6, 6.07) is 10.9. The van der Waals surface area contributed by atoms with E-state index in [-0.39, 0.29) is 5.41 Å². The Bertz CT molecular complexity index is 472. The average molecular weight is 252 g/mol. The molecule has 0 amide bonds. The third kappa shape index (κ3) is 2.86. The summed E-state index contributed by atoms with van der Waals surface area (Å²) < 4.78 is 0. The van der Waals surface area contributed by atoms with Gasteiger partial charge in [-0.15, -0.1) is 5.98 Å². The number of rotatable bonds is 5. The summed E-state index contributed by atoms with van der Waals surface area (Å²) in [4.78, 5) is 0. The second kappa shape index (κ2) is 5.82. The molecule has 0 aliphatic carbocycles. The molecule has 0 N–H and O–H groups in total. The highest BCUT2D eigenvalue weighted by atomic mass is 14.3. The van der Waals surface area contributed by atoms with Gasteiger partial charge in [0.2, 0.25) is 6.71 Å². The van der Waals surface area contributed by atoms with Crippen LogP contribution in [0.3, 0.4) is 0 Å². The SMILES string of the molecule is C=C(C)C1(C)CB(c2ccccc2)C=C1CCCC. The molecule has 1 heteroatoms. The van der Waals surface area contributed by atoms with Crippen molar-refractivity contribution >= 4 is 12.2 Å². The largest absolute Gasteiger partial charge is 0.202 e. The van der Waals surface area contributed by atoms with Crippen LogP contribution in [-0.2, 0) is 0 Å². The fourth-order valence-electron chi connectivity index (χ4n) is 3.15. The number of hydrogen-bond acceptors (Lipinski definition) is 0. The minimum atomic E-state index is 0.204. The van der Waals surface area contributed by atoms with Crippen molar-refractivity contribution in [1.82, 2.24) is 0 Å². The maximum Gasteiger partial charge on any atom is 0.202 e. The van der Waals surface area contributed by atoms with Crippen molar-refractivity contribution in [3.63, 3.8) is 0 Å². The standard InChI is InChI=1S/C18H25B/c1-5-6-10-16-13-19(14-18(16,4)15(2)3)17-11-8-7-9-12-17/h7-9,11-13H,2,5-6,10,14H2,1,3-4H3. The zero-order chi connectivity index (χ0) is 13.9. The normalized spacial score (nSPS) is 22.5. The molecule has 1 atom stereocenters. The first kappa shape index (κ1) is 14.2. The molecule has 1 aromatic carbocycles. The molecule has 0 spiro atoms. The van der Waals surface area contributed by atoms with E-state index in [4.69, 9.17) is 0 Å². The van der Waals surface area contributed by atoms with Crippen molar-refractivity contribution in [2.45, 2.75) is 46.4 Å². The average Bonchev–Trinajstić information content (AvgIpc) is 2.76. The van der Waals surface area contributed by atoms with E-state index in [0.717, 1.165) is 0 Å². The molecule has 0 radical (unpaired) electrons. The zero-order valence-electron chi connectivity index (χ0n) is 12.6. The molecular formula is C18H25B. The molecule has 0 nitrogen and oxygen atoms in total. The fourth-order valence-corrected chi connectivity index (χ4v) is 3.15. The van der Waals surface area contributed by atoms with Gasteiger partial charge in [-0.25, -0.2) is 0 Å². The number of allylic oxidation sites excluding steroid dienone is 2. The Morgan fingerprint density at radius 2 is 2.00 bits per heavy atom. The number of hydrogen-bond donors (Lipinski definition) is 0. The van der Waals surface area contributed by atoms with Crippen molar-refractivity contribution in [3.8, 4) is 0 Å². The van der Waals surface area contributed by atoms with Crippen LogP contribution in [0.5, 0.6) is 0 Å². The Hall–Kier alpha value is -1.24. The smallest absolute Gasteiger partial charge is 0.110 e. The fraction of sp³-hybridized carbons (Fsp3) is 0.444. The van der Waals surface area contributed by atoms with Crippen LogP contribution in [0, 0.1) is 5.41 Å². The van der Waals surface area contributed by atoms with E-state index in [1.54, 1.807) is 5.57 Å². The van der Waals surface area contributed by atoms with E-state index in [0.29, 0.717) is 6.71 Å². The Morgan fingerprint density at radius 1 is 1.32 bits per heavy atom. The van der Waals surface area contributed by atoms with E-state index in [9.17, 15) is 0 Å². The predicted octanol–water partition coefficient (Wildman–Crippen LogP) is 4.64. The molecule has 0 saturated heterocycles. The van der Waals surface area contributed by atoms with Gasteiger partial charge in [0.05, 0.1) is 0 Å². The lowest BCUT2D eigenvalue weighted by atomic mass is 9.43. The van der Waals surface area contributed by atoms with Gasteiger partial charge >= 0.3 is 0 Å². The van der Waals surface area contributed by atoms with Gasteiger partial charge in [-0.1, -0.05) is 80.1 Å². The molecule has 19 heavy (non-hydrogen) atoms. The molecule has 0 bridgehead atoms. The Morgan fingerprint density at radius 3 is 2.58 bits per heavy atom. The van der Waals surface area contributed by atoms with Crippen molar-refractivity contribution < 1.29 is 0 Å². The van der Waals surface area contributed by atoms with Crippen molar-refractivity contribution in [2.75, 3.05) is 0 Å². The van der Waals surface area contributed by atoms with E-state index < -0.39 is 0 Å². The van der Waals surface area contributed by atoms with Gasteiger partial charge in [0.25, 0.3) is 0 Å². The van der Waals surface area contributed by atoms with Gasteiger partial charge in [0.15, 0.2) is 0 Å². The summed E-state index contributed by atoms with van der Waals surface area (Å²) in [7, 11) is 0. The van der Waals surface area contributed by atoms with Crippen molar-refractivity contribution in [1.29, 1.82) is 0 Å². The highest BCUT2D eigenvalue weighted by Crippen LogP contribution is 2.46. The zero-order valence-corrected chi connectivity index (χ0v) is 12.6. The molecule has 2 rings (SSSR count). The van der Waals surface area contributed by atoms with Gasteiger partial charge < -0.3 is 0 Å². The van der Waals surface area contributed by atoms with Gasteiger partial charge in [-0.2, -0.15) is 0 Å². The summed E-state index contributed by atoms with van der Waals surface area (Å²) in [6.07, 6.45) is 4.96. The predicted molar refractivity (Wildman–Crippen MR) is 87.2 cm³/mol. The lowest BCUT2D eigenvalue weighted by molar-refractivity contribution is 0.517. The topological polar surface area (TPSA) is 0 Å². The monoisotopic (exact) mass is 252 g/mol. The lowest BCUT2D eigenvalue weighted by Gasteiger charge is -2.30. The first-order valence-electron chi connectivity index (χ1n) is 7.50.